The van der Waals surface area contributed by atoms with Crippen LogP contribution in [0.4, 0.5) is 11.4 Å². The Morgan fingerprint density at radius 2 is 2.25 bits per heavy atom. The van der Waals surface area contributed by atoms with E-state index in [2.05, 4.69) is 15.6 Å². The van der Waals surface area contributed by atoms with Gasteiger partial charge in [0.1, 0.15) is 5.69 Å². The lowest BCUT2D eigenvalue weighted by Crippen LogP contribution is -2.22. The summed E-state index contributed by atoms with van der Waals surface area (Å²) in [4.78, 5) is 26.2. The molecule has 102 valence electrons. The van der Waals surface area contributed by atoms with Gasteiger partial charge >= 0.3 is 5.69 Å². The number of hydrogen-bond acceptors (Lipinski definition) is 5. The smallest absolute Gasteiger partial charge is 0.301 e. The van der Waals surface area contributed by atoms with E-state index in [9.17, 15) is 14.9 Å². The fourth-order valence-corrected chi connectivity index (χ4v) is 2.38. The molecule has 3 rings (SSSR count). The Morgan fingerprint density at radius 3 is 2.95 bits per heavy atom. The molecule has 7 nitrogen and oxygen atoms in total. The highest BCUT2D eigenvalue weighted by Gasteiger charge is 2.25. The molecule has 20 heavy (non-hydrogen) atoms. The first kappa shape index (κ1) is 12.3. The lowest BCUT2D eigenvalue weighted by atomic mass is 10.1. The van der Waals surface area contributed by atoms with Crippen molar-refractivity contribution in [2.24, 2.45) is 0 Å². The lowest BCUT2D eigenvalue weighted by Gasteiger charge is -2.13. The largest absolute Gasteiger partial charge is 0.374 e. The first-order valence-corrected chi connectivity index (χ1v) is 6.20. The van der Waals surface area contributed by atoms with Crippen molar-refractivity contribution in [1.29, 1.82) is 0 Å². The predicted octanol–water partition coefficient (Wildman–Crippen LogP) is 1.44. The van der Waals surface area contributed by atoms with Crippen molar-refractivity contribution < 1.29 is 9.72 Å². The highest BCUT2D eigenvalue weighted by atomic mass is 16.6. The molecular weight excluding hydrogens is 260 g/mol. The van der Waals surface area contributed by atoms with Crippen LogP contribution in [0.1, 0.15) is 6.42 Å². The molecule has 7 heteroatoms. The van der Waals surface area contributed by atoms with Crippen molar-refractivity contribution in [2.75, 3.05) is 11.9 Å². The molecular formula is C13H12N4O3. The summed E-state index contributed by atoms with van der Waals surface area (Å²) in [6.07, 6.45) is 1.92. The van der Waals surface area contributed by atoms with Gasteiger partial charge in [-0.25, -0.2) is 0 Å². The monoisotopic (exact) mass is 272 g/mol. The van der Waals surface area contributed by atoms with Gasteiger partial charge in [-0.3, -0.25) is 19.9 Å². The molecule has 2 aromatic rings. The maximum atomic E-state index is 11.3. The number of amides is 1. The molecule has 0 saturated carbocycles. The normalized spacial score (nSPS) is 18.0. The first-order chi connectivity index (χ1) is 9.65. The van der Waals surface area contributed by atoms with Crippen molar-refractivity contribution in [2.45, 2.75) is 12.5 Å². The van der Waals surface area contributed by atoms with Gasteiger partial charge in [0, 0.05) is 19.2 Å². The summed E-state index contributed by atoms with van der Waals surface area (Å²) in [7, 11) is 0. The van der Waals surface area contributed by atoms with Gasteiger partial charge in [0.15, 0.2) is 0 Å². The third-order valence-electron chi connectivity index (χ3n) is 3.28. The van der Waals surface area contributed by atoms with Crippen LogP contribution in [0, 0.1) is 10.1 Å². The minimum Gasteiger partial charge on any atom is -0.374 e. The van der Waals surface area contributed by atoms with Crippen molar-refractivity contribution in [3.05, 3.63) is 40.6 Å². The van der Waals surface area contributed by atoms with Gasteiger partial charge in [-0.2, -0.15) is 0 Å². The van der Waals surface area contributed by atoms with Gasteiger partial charge in [0.25, 0.3) is 0 Å². The Bertz CT molecular complexity index is 701. The van der Waals surface area contributed by atoms with Crippen molar-refractivity contribution in [3.63, 3.8) is 0 Å². The number of fused-ring (bicyclic) bond motifs is 1. The fraction of sp³-hybridized carbons (Fsp3) is 0.231. The fourth-order valence-electron chi connectivity index (χ4n) is 2.38. The van der Waals surface area contributed by atoms with E-state index in [1.165, 1.54) is 0 Å². The number of nitrogens with zero attached hydrogens (tertiary/aromatic N) is 2. The van der Waals surface area contributed by atoms with Crippen LogP contribution in [-0.4, -0.2) is 28.4 Å². The molecule has 1 aromatic carbocycles. The van der Waals surface area contributed by atoms with Gasteiger partial charge in [-0.15, -0.1) is 0 Å². The average molecular weight is 272 g/mol. The Labute approximate surface area is 114 Å². The molecule has 0 aliphatic carbocycles. The zero-order chi connectivity index (χ0) is 14.1. The number of nitrogens with one attached hydrogen (secondary N) is 2. The van der Waals surface area contributed by atoms with Crippen LogP contribution in [0.25, 0.3) is 10.9 Å². The third-order valence-corrected chi connectivity index (χ3v) is 3.28. The summed E-state index contributed by atoms with van der Waals surface area (Å²) >= 11 is 0. The number of carbonyl (C=O) groups is 1. The number of carbonyl (C=O) groups excluding carboxylic acids is 1. The number of hydrogen-bond donors (Lipinski definition) is 2. The van der Waals surface area contributed by atoms with Crippen LogP contribution < -0.4 is 10.6 Å². The van der Waals surface area contributed by atoms with Gasteiger partial charge in [0.05, 0.1) is 21.9 Å². The minimum atomic E-state index is -0.420. The van der Waals surface area contributed by atoms with E-state index in [4.69, 9.17) is 0 Å². The van der Waals surface area contributed by atoms with Crippen LogP contribution in [-0.2, 0) is 4.79 Å². The molecule has 1 amide bonds. The minimum absolute atomic E-state index is 0.00468. The van der Waals surface area contributed by atoms with Crippen molar-refractivity contribution in [3.8, 4) is 0 Å². The van der Waals surface area contributed by atoms with Gasteiger partial charge in [0.2, 0.25) is 5.91 Å². The Hall–Kier alpha value is -2.70. The molecule has 0 bridgehead atoms. The van der Waals surface area contributed by atoms with Crippen LogP contribution >= 0.6 is 0 Å². The third kappa shape index (κ3) is 2.13. The summed E-state index contributed by atoms with van der Waals surface area (Å²) in [6.45, 7) is 0.473. The molecule has 0 radical (unpaired) electrons. The van der Waals surface area contributed by atoms with Crippen LogP contribution in [0.3, 0.4) is 0 Å². The maximum Gasteiger partial charge on any atom is 0.301 e. The van der Waals surface area contributed by atoms with E-state index in [-0.39, 0.29) is 17.6 Å². The summed E-state index contributed by atoms with van der Waals surface area (Å²) in [5, 5.41) is 17.6. The van der Waals surface area contributed by atoms with Gasteiger partial charge in [-0.05, 0) is 24.3 Å². The number of nitro benzene ring substituents is 1. The molecule has 1 aliphatic heterocycles. The van der Waals surface area contributed by atoms with E-state index >= 15 is 0 Å². The average Bonchev–Trinajstić information content (AvgIpc) is 2.83. The Balaban J connectivity index is 2.03. The zero-order valence-electron chi connectivity index (χ0n) is 10.5. The van der Waals surface area contributed by atoms with Gasteiger partial charge in [-0.1, -0.05) is 0 Å². The zero-order valence-corrected chi connectivity index (χ0v) is 10.5. The highest BCUT2D eigenvalue weighted by Crippen LogP contribution is 2.33. The second-order valence-electron chi connectivity index (χ2n) is 4.64. The summed E-state index contributed by atoms with van der Waals surface area (Å²) < 4.78 is 0. The molecule has 2 N–H and O–H groups in total. The van der Waals surface area contributed by atoms with Crippen LogP contribution in [0.2, 0.25) is 0 Å². The predicted molar refractivity (Wildman–Crippen MR) is 73.4 cm³/mol. The highest BCUT2D eigenvalue weighted by molar-refractivity contribution is 5.94. The van der Waals surface area contributed by atoms with E-state index in [0.717, 1.165) is 0 Å². The standard InChI is InChI=1S/C13H12N4O3/c18-12-6-8(7-15-12)16-11-4-3-10-9(2-1-5-14-10)13(11)17(19)20/h1-5,8,16H,6-7H2,(H,15,18). The van der Waals surface area contributed by atoms with Gasteiger partial charge < -0.3 is 10.6 Å². The summed E-state index contributed by atoms with van der Waals surface area (Å²) in [6, 6.07) is 6.57. The van der Waals surface area contributed by atoms with E-state index in [1.807, 2.05) is 0 Å². The SMILES string of the molecule is O=C1CC(Nc2ccc3ncccc3c2[N+](=O)[O-])CN1. The summed E-state index contributed by atoms with van der Waals surface area (Å²) in [5.74, 6) is -0.0485. The molecule has 0 spiro atoms. The molecule has 1 fully saturated rings. The lowest BCUT2D eigenvalue weighted by molar-refractivity contribution is -0.382. The van der Waals surface area contributed by atoms with Crippen LogP contribution in [0.15, 0.2) is 30.5 Å². The summed E-state index contributed by atoms with van der Waals surface area (Å²) in [5.41, 5.74) is 0.984. The molecule has 1 saturated heterocycles. The molecule has 2 heterocycles. The van der Waals surface area contributed by atoms with Crippen molar-refractivity contribution >= 4 is 28.2 Å². The number of benzene rings is 1. The number of nitro groups is 1. The number of rotatable bonds is 3. The topological polar surface area (TPSA) is 97.2 Å². The van der Waals surface area contributed by atoms with E-state index in [1.54, 1.807) is 30.5 Å². The molecule has 1 aromatic heterocycles. The maximum absolute atomic E-state index is 11.3. The molecule has 1 atom stereocenters. The second-order valence-corrected chi connectivity index (χ2v) is 4.64. The number of aromatic nitrogens is 1. The number of pyridine rings is 1. The quantitative estimate of drug-likeness (QED) is 0.651. The first-order valence-electron chi connectivity index (χ1n) is 6.20. The van der Waals surface area contributed by atoms with Crippen LogP contribution in [0.5, 0.6) is 0 Å². The van der Waals surface area contributed by atoms with E-state index in [0.29, 0.717) is 29.6 Å². The molecule has 1 unspecified atom stereocenters. The van der Waals surface area contributed by atoms with Crippen molar-refractivity contribution in [1.82, 2.24) is 10.3 Å². The Kier molecular flexibility index (Phi) is 2.94. The second kappa shape index (κ2) is 4.76. The molecule has 1 aliphatic rings. The Morgan fingerprint density at radius 1 is 1.40 bits per heavy atom. The number of anilines is 1. The van der Waals surface area contributed by atoms with E-state index < -0.39 is 4.92 Å².